The lowest BCUT2D eigenvalue weighted by molar-refractivity contribution is -0.385. The molecule has 3 rings (SSSR count). The third kappa shape index (κ3) is 7.50. The lowest BCUT2D eigenvalue weighted by Crippen LogP contribution is -2.51. The number of nitrogens with one attached hydrogen (secondary N) is 1. The lowest BCUT2D eigenvalue weighted by Gasteiger charge is -2.32. The molecule has 0 fully saturated rings. The number of aryl methyl sites for hydroxylation is 1. The molecule has 14 heteroatoms. The quantitative estimate of drug-likeness (QED) is 0.219. The average molecular weight is 638 g/mol. The van der Waals surface area contributed by atoms with Gasteiger partial charge in [-0.1, -0.05) is 41.4 Å². The van der Waals surface area contributed by atoms with Gasteiger partial charge in [0.2, 0.25) is 11.8 Å². The van der Waals surface area contributed by atoms with E-state index in [0.717, 1.165) is 10.4 Å². The highest BCUT2D eigenvalue weighted by Crippen LogP contribution is 2.36. The predicted octanol–water partition coefficient (Wildman–Crippen LogP) is 4.97. The van der Waals surface area contributed by atoms with Gasteiger partial charge in [0.1, 0.15) is 18.3 Å². The Morgan fingerprint density at radius 1 is 1.07 bits per heavy atom. The number of ether oxygens (including phenoxy) is 1. The Bertz CT molecular complexity index is 1600. The molecule has 3 aromatic carbocycles. The zero-order chi connectivity index (χ0) is 31.2. The average Bonchev–Trinajstić information content (AvgIpc) is 2.94. The van der Waals surface area contributed by atoms with E-state index in [9.17, 15) is 28.1 Å². The van der Waals surface area contributed by atoms with Crippen molar-refractivity contribution in [3.05, 3.63) is 92.0 Å². The zero-order valence-electron chi connectivity index (χ0n) is 23.3. The van der Waals surface area contributed by atoms with Crippen molar-refractivity contribution >= 4 is 56.4 Å². The molecular weight excluding hydrogens is 607 g/mol. The number of carbonyl (C=O) groups is 2. The summed E-state index contributed by atoms with van der Waals surface area (Å²) < 4.78 is 34.4. The van der Waals surface area contributed by atoms with Crippen LogP contribution in [0.15, 0.2) is 65.6 Å². The number of methoxy groups -OCH3 is 1. The second-order valence-electron chi connectivity index (χ2n) is 9.26. The van der Waals surface area contributed by atoms with E-state index >= 15 is 0 Å². The van der Waals surface area contributed by atoms with Crippen LogP contribution < -0.4 is 14.4 Å². The largest absolute Gasteiger partial charge is 0.495 e. The van der Waals surface area contributed by atoms with Crippen molar-refractivity contribution in [2.75, 3.05) is 24.5 Å². The highest BCUT2D eigenvalue weighted by atomic mass is 35.5. The number of hydrogen-bond donors (Lipinski definition) is 1. The van der Waals surface area contributed by atoms with Gasteiger partial charge in [-0.25, -0.2) is 8.42 Å². The van der Waals surface area contributed by atoms with Gasteiger partial charge in [0, 0.05) is 34.8 Å². The van der Waals surface area contributed by atoms with Crippen molar-refractivity contribution in [3.63, 3.8) is 0 Å². The molecule has 11 nitrogen and oxygen atoms in total. The molecule has 0 spiro atoms. The van der Waals surface area contributed by atoms with Crippen LogP contribution in [-0.2, 0) is 26.2 Å². The molecule has 1 N–H and O–H groups in total. The molecule has 0 unspecified atom stereocenters. The summed E-state index contributed by atoms with van der Waals surface area (Å²) >= 11 is 12.4. The fourth-order valence-electron chi connectivity index (χ4n) is 4.18. The van der Waals surface area contributed by atoms with E-state index in [-0.39, 0.29) is 28.6 Å². The van der Waals surface area contributed by atoms with Gasteiger partial charge < -0.3 is 15.0 Å². The minimum absolute atomic E-state index is 0.0612. The number of anilines is 1. The first-order chi connectivity index (χ1) is 19.8. The second kappa shape index (κ2) is 13.9. The summed E-state index contributed by atoms with van der Waals surface area (Å²) in [5.74, 6) is -1.10. The van der Waals surface area contributed by atoms with Crippen LogP contribution in [0.5, 0.6) is 5.75 Å². The summed E-state index contributed by atoms with van der Waals surface area (Å²) in [5, 5.41) is 14.8. The Labute approximate surface area is 254 Å². The smallest absolute Gasteiger partial charge is 0.273 e. The van der Waals surface area contributed by atoms with E-state index in [1.807, 2.05) is 0 Å². The highest BCUT2D eigenvalue weighted by Gasteiger charge is 2.34. The number of amides is 2. The number of sulfonamides is 1. The topological polar surface area (TPSA) is 139 Å². The van der Waals surface area contributed by atoms with Gasteiger partial charge in [-0.2, -0.15) is 0 Å². The first-order valence-corrected chi connectivity index (χ1v) is 14.9. The SMILES string of the molecule is CCNC(=O)[C@H](C)N(Cc1cccc(Cl)c1)C(=O)CN(c1cc(Cl)ccc1OC)S(=O)(=O)c1ccc(C)c([N+](=O)[O-])c1. The Morgan fingerprint density at radius 3 is 2.38 bits per heavy atom. The van der Waals surface area contributed by atoms with Crippen LogP contribution in [0, 0.1) is 17.0 Å². The molecule has 0 bridgehead atoms. The standard InChI is InChI=1S/C28H30Cl2N4O7S/c1-5-31-28(36)19(3)32(16-20-7-6-8-21(29)13-20)27(35)17-33(25-14-22(30)10-12-26(25)41-4)42(39,40)23-11-9-18(2)24(15-23)34(37)38/h6-15,19H,5,16-17H2,1-4H3,(H,31,36)/t19-/m0/s1. The molecule has 42 heavy (non-hydrogen) atoms. The van der Waals surface area contributed by atoms with Crippen LogP contribution in [0.1, 0.15) is 25.0 Å². The number of nitro benzene ring substituents is 1. The van der Waals surface area contributed by atoms with Gasteiger partial charge in [-0.05, 0) is 62.7 Å². The van der Waals surface area contributed by atoms with Crippen LogP contribution in [0.2, 0.25) is 10.0 Å². The summed E-state index contributed by atoms with van der Waals surface area (Å²) in [4.78, 5) is 38.5. The molecule has 0 aliphatic carbocycles. The van der Waals surface area contributed by atoms with Crippen molar-refractivity contribution in [3.8, 4) is 5.75 Å². The lowest BCUT2D eigenvalue weighted by atomic mass is 10.1. The van der Waals surface area contributed by atoms with Crippen LogP contribution in [0.4, 0.5) is 11.4 Å². The number of nitrogens with zero attached hydrogens (tertiary/aromatic N) is 3. The number of rotatable bonds is 12. The van der Waals surface area contributed by atoms with E-state index < -0.39 is 49.9 Å². The number of hydrogen-bond acceptors (Lipinski definition) is 7. The van der Waals surface area contributed by atoms with Crippen LogP contribution in [-0.4, -0.2) is 56.3 Å². The van der Waals surface area contributed by atoms with Crippen LogP contribution >= 0.6 is 23.2 Å². The predicted molar refractivity (Wildman–Crippen MR) is 161 cm³/mol. The van der Waals surface area contributed by atoms with Crippen LogP contribution in [0.3, 0.4) is 0 Å². The highest BCUT2D eigenvalue weighted by molar-refractivity contribution is 7.92. The monoisotopic (exact) mass is 636 g/mol. The molecule has 0 heterocycles. The summed E-state index contributed by atoms with van der Waals surface area (Å²) in [7, 11) is -3.30. The first kappa shape index (κ1) is 32.6. The number of likely N-dealkylation sites (N-methyl/N-ethyl adjacent to an activating group) is 1. The summed E-state index contributed by atoms with van der Waals surface area (Å²) in [5.41, 5.74) is 0.379. The molecule has 0 radical (unpaired) electrons. The maximum atomic E-state index is 14.1. The normalized spacial score (nSPS) is 11.9. The molecular formula is C28H30Cl2N4O7S. The molecule has 224 valence electrons. The fraction of sp³-hybridized carbons (Fsp3) is 0.286. The van der Waals surface area contributed by atoms with Crippen molar-refractivity contribution in [2.45, 2.75) is 38.3 Å². The van der Waals surface area contributed by atoms with E-state index in [4.69, 9.17) is 27.9 Å². The van der Waals surface area contributed by atoms with Gasteiger partial charge >= 0.3 is 0 Å². The van der Waals surface area contributed by atoms with Crippen LogP contribution in [0.25, 0.3) is 0 Å². The first-order valence-electron chi connectivity index (χ1n) is 12.7. The Hall–Kier alpha value is -3.87. The van der Waals surface area contributed by atoms with E-state index in [1.165, 1.54) is 56.2 Å². The third-order valence-electron chi connectivity index (χ3n) is 6.41. The number of nitro groups is 1. The summed E-state index contributed by atoms with van der Waals surface area (Å²) in [6.45, 7) is 4.20. The number of halogens is 2. The van der Waals surface area contributed by atoms with E-state index in [2.05, 4.69) is 5.32 Å². The maximum Gasteiger partial charge on any atom is 0.273 e. The molecule has 2 amide bonds. The van der Waals surface area contributed by atoms with Crippen molar-refractivity contribution < 1.29 is 27.7 Å². The molecule has 0 saturated heterocycles. The van der Waals surface area contributed by atoms with Crippen molar-refractivity contribution in [1.29, 1.82) is 0 Å². The minimum Gasteiger partial charge on any atom is -0.495 e. The van der Waals surface area contributed by atoms with E-state index in [1.54, 1.807) is 31.2 Å². The zero-order valence-corrected chi connectivity index (χ0v) is 25.7. The molecule has 1 atom stereocenters. The van der Waals surface area contributed by atoms with Gasteiger partial charge in [0.05, 0.1) is 22.6 Å². The molecule has 0 aromatic heterocycles. The van der Waals surface area contributed by atoms with Gasteiger partial charge in [-0.3, -0.25) is 24.0 Å². The second-order valence-corrected chi connectivity index (χ2v) is 12.0. The van der Waals surface area contributed by atoms with Crippen molar-refractivity contribution in [1.82, 2.24) is 10.2 Å². The minimum atomic E-state index is -4.62. The van der Waals surface area contributed by atoms with Gasteiger partial charge in [0.25, 0.3) is 15.7 Å². The third-order valence-corrected chi connectivity index (χ3v) is 8.64. The molecule has 0 aliphatic rings. The Balaban J connectivity index is 2.17. The maximum absolute atomic E-state index is 14.1. The Morgan fingerprint density at radius 2 is 1.76 bits per heavy atom. The fourth-order valence-corrected chi connectivity index (χ4v) is 6.00. The summed E-state index contributed by atoms with van der Waals surface area (Å²) in [6.07, 6.45) is 0. The number of benzene rings is 3. The van der Waals surface area contributed by atoms with Crippen molar-refractivity contribution in [2.24, 2.45) is 0 Å². The van der Waals surface area contributed by atoms with Gasteiger partial charge in [0.15, 0.2) is 0 Å². The molecule has 3 aromatic rings. The Kier molecular flexibility index (Phi) is 10.8. The van der Waals surface area contributed by atoms with E-state index in [0.29, 0.717) is 17.1 Å². The summed E-state index contributed by atoms with van der Waals surface area (Å²) in [6, 6.07) is 13.4. The number of carbonyl (C=O) groups excluding carboxylic acids is 2. The molecule has 0 saturated carbocycles. The van der Waals surface area contributed by atoms with Gasteiger partial charge in [-0.15, -0.1) is 0 Å². The molecule has 0 aliphatic heterocycles.